The topological polar surface area (TPSA) is 72.2 Å². The second-order valence-electron chi connectivity index (χ2n) is 6.07. The van der Waals surface area contributed by atoms with E-state index in [1.54, 1.807) is 12.1 Å². The molecule has 118 valence electrons. The first-order valence-corrected chi connectivity index (χ1v) is 9.32. The molecule has 2 rings (SSSR count). The van der Waals surface area contributed by atoms with E-state index in [4.69, 9.17) is 5.73 Å². The van der Waals surface area contributed by atoms with Gasteiger partial charge >= 0.3 is 0 Å². The molecule has 5 heteroatoms. The van der Waals surface area contributed by atoms with Crippen molar-refractivity contribution in [3.63, 3.8) is 0 Å². The number of nitrogens with two attached hydrogens (primary N) is 1. The monoisotopic (exact) mass is 310 g/mol. The fraction of sp³-hybridized carbons (Fsp3) is 0.625. The second-order valence-corrected chi connectivity index (χ2v) is 7.83. The van der Waals surface area contributed by atoms with E-state index < -0.39 is 10.0 Å². The lowest BCUT2D eigenvalue weighted by atomic mass is 9.84. The summed E-state index contributed by atoms with van der Waals surface area (Å²) in [7, 11) is -3.41. The molecule has 21 heavy (non-hydrogen) atoms. The molecule has 0 radical (unpaired) electrons. The van der Waals surface area contributed by atoms with Crippen LogP contribution in [-0.2, 0) is 10.0 Å². The molecule has 0 amide bonds. The van der Waals surface area contributed by atoms with Crippen LogP contribution in [0.4, 0.5) is 0 Å². The Morgan fingerprint density at radius 3 is 2.38 bits per heavy atom. The van der Waals surface area contributed by atoms with Gasteiger partial charge in [0.15, 0.2) is 0 Å². The highest BCUT2D eigenvalue weighted by molar-refractivity contribution is 7.89. The SMILES string of the molecule is CC(N)CCNS(=O)(=O)c1ccc(C2CCCCC2)cc1. The van der Waals surface area contributed by atoms with E-state index in [-0.39, 0.29) is 6.04 Å². The third-order valence-corrected chi connectivity index (χ3v) is 5.64. The number of rotatable bonds is 6. The summed E-state index contributed by atoms with van der Waals surface area (Å²) in [5, 5.41) is 0. The third-order valence-electron chi connectivity index (χ3n) is 4.16. The van der Waals surface area contributed by atoms with Crippen molar-refractivity contribution >= 4 is 10.0 Å². The summed E-state index contributed by atoms with van der Waals surface area (Å²) in [6.45, 7) is 2.25. The van der Waals surface area contributed by atoms with Crippen molar-refractivity contribution < 1.29 is 8.42 Å². The summed E-state index contributed by atoms with van der Waals surface area (Å²) in [4.78, 5) is 0.340. The molecule has 1 aromatic carbocycles. The zero-order valence-electron chi connectivity index (χ0n) is 12.7. The molecular weight excluding hydrogens is 284 g/mol. The fourth-order valence-electron chi connectivity index (χ4n) is 2.86. The fourth-order valence-corrected chi connectivity index (χ4v) is 3.91. The Morgan fingerprint density at radius 2 is 1.81 bits per heavy atom. The van der Waals surface area contributed by atoms with Crippen molar-refractivity contribution in [2.75, 3.05) is 6.54 Å². The summed E-state index contributed by atoms with van der Waals surface area (Å²) in [5.74, 6) is 0.599. The third kappa shape index (κ3) is 4.80. The van der Waals surface area contributed by atoms with Gasteiger partial charge in [-0.1, -0.05) is 31.4 Å². The van der Waals surface area contributed by atoms with Gasteiger partial charge in [0.2, 0.25) is 10.0 Å². The first-order valence-electron chi connectivity index (χ1n) is 7.84. The highest BCUT2D eigenvalue weighted by atomic mass is 32.2. The molecule has 1 atom stereocenters. The van der Waals surface area contributed by atoms with Gasteiger partial charge in [0, 0.05) is 12.6 Å². The smallest absolute Gasteiger partial charge is 0.240 e. The molecule has 0 spiro atoms. The van der Waals surface area contributed by atoms with E-state index in [0.717, 1.165) is 0 Å². The Balaban J connectivity index is 2.00. The molecule has 4 nitrogen and oxygen atoms in total. The molecule has 3 N–H and O–H groups in total. The van der Waals surface area contributed by atoms with Crippen LogP contribution in [-0.4, -0.2) is 21.0 Å². The zero-order chi connectivity index (χ0) is 15.3. The number of nitrogens with one attached hydrogen (secondary N) is 1. The summed E-state index contributed by atoms with van der Waals surface area (Å²) in [6, 6.07) is 7.38. The maximum absolute atomic E-state index is 12.1. The molecule has 0 aliphatic heterocycles. The molecule has 1 aliphatic rings. The predicted molar refractivity (Wildman–Crippen MR) is 85.7 cm³/mol. The Morgan fingerprint density at radius 1 is 1.19 bits per heavy atom. The minimum atomic E-state index is -3.41. The Kier molecular flexibility index (Phi) is 5.79. The first kappa shape index (κ1) is 16.5. The van der Waals surface area contributed by atoms with Crippen molar-refractivity contribution in [1.82, 2.24) is 4.72 Å². The molecule has 1 aliphatic carbocycles. The van der Waals surface area contributed by atoms with Crippen molar-refractivity contribution in [1.29, 1.82) is 0 Å². The zero-order valence-corrected chi connectivity index (χ0v) is 13.5. The van der Waals surface area contributed by atoms with Crippen molar-refractivity contribution in [3.8, 4) is 0 Å². The Bertz CT molecular complexity index is 532. The largest absolute Gasteiger partial charge is 0.328 e. The quantitative estimate of drug-likeness (QED) is 0.848. The normalized spacial score (nSPS) is 18.6. The lowest BCUT2D eigenvalue weighted by molar-refractivity contribution is 0.443. The van der Waals surface area contributed by atoms with E-state index in [1.807, 2.05) is 19.1 Å². The minimum Gasteiger partial charge on any atom is -0.328 e. The first-order chi connectivity index (χ1) is 9.99. The predicted octanol–water partition coefficient (Wildman–Crippen LogP) is 2.75. The summed E-state index contributed by atoms with van der Waals surface area (Å²) in [5.41, 5.74) is 6.90. The maximum Gasteiger partial charge on any atom is 0.240 e. The van der Waals surface area contributed by atoms with Gasteiger partial charge in [0.25, 0.3) is 0 Å². The lowest BCUT2D eigenvalue weighted by Crippen LogP contribution is -2.29. The summed E-state index contributed by atoms with van der Waals surface area (Å²) >= 11 is 0. The molecule has 1 aromatic rings. The number of sulfonamides is 1. The molecule has 0 saturated heterocycles. The average molecular weight is 310 g/mol. The average Bonchev–Trinajstić information content (AvgIpc) is 2.48. The van der Waals surface area contributed by atoms with Crippen LogP contribution in [0, 0.1) is 0 Å². The van der Waals surface area contributed by atoms with Crippen molar-refractivity contribution in [3.05, 3.63) is 29.8 Å². The van der Waals surface area contributed by atoms with Gasteiger partial charge in [-0.25, -0.2) is 13.1 Å². The van der Waals surface area contributed by atoms with Crippen LogP contribution in [0.1, 0.15) is 56.9 Å². The van der Waals surface area contributed by atoms with Crippen LogP contribution in [0.25, 0.3) is 0 Å². The number of benzene rings is 1. The van der Waals surface area contributed by atoms with Crippen molar-refractivity contribution in [2.45, 2.75) is 62.3 Å². The number of hydrogen-bond donors (Lipinski definition) is 2. The van der Waals surface area contributed by atoms with Gasteiger partial charge in [-0.05, 0) is 49.8 Å². The minimum absolute atomic E-state index is 0.00128. The molecule has 1 saturated carbocycles. The van der Waals surface area contributed by atoms with Crippen LogP contribution < -0.4 is 10.5 Å². The van der Waals surface area contributed by atoms with Crippen LogP contribution in [0.2, 0.25) is 0 Å². The van der Waals surface area contributed by atoms with E-state index in [2.05, 4.69) is 4.72 Å². The standard InChI is InChI=1S/C16H26N2O2S/c1-13(17)11-12-18-21(19,20)16-9-7-15(8-10-16)14-5-3-2-4-6-14/h7-10,13-14,18H,2-6,11-12,17H2,1H3. The van der Waals surface area contributed by atoms with E-state index in [9.17, 15) is 8.42 Å². The van der Waals surface area contributed by atoms with Crippen LogP contribution in [0.5, 0.6) is 0 Å². The molecular formula is C16H26N2O2S. The lowest BCUT2D eigenvalue weighted by Gasteiger charge is -2.22. The van der Waals surface area contributed by atoms with Crippen LogP contribution in [0.15, 0.2) is 29.2 Å². The molecule has 0 heterocycles. The molecule has 1 unspecified atom stereocenters. The van der Waals surface area contributed by atoms with E-state index in [0.29, 0.717) is 23.8 Å². The highest BCUT2D eigenvalue weighted by Gasteiger charge is 2.17. The van der Waals surface area contributed by atoms with Gasteiger partial charge in [-0.2, -0.15) is 0 Å². The van der Waals surface area contributed by atoms with Gasteiger partial charge in [-0.3, -0.25) is 0 Å². The second kappa shape index (κ2) is 7.38. The van der Waals surface area contributed by atoms with E-state index in [1.165, 1.54) is 37.7 Å². The van der Waals surface area contributed by atoms with Crippen LogP contribution in [0.3, 0.4) is 0 Å². The molecule has 1 fully saturated rings. The van der Waals surface area contributed by atoms with Crippen LogP contribution >= 0.6 is 0 Å². The van der Waals surface area contributed by atoms with Gasteiger partial charge in [0.1, 0.15) is 0 Å². The number of hydrogen-bond acceptors (Lipinski definition) is 3. The van der Waals surface area contributed by atoms with Gasteiger partial charge in [-0.15, -0.1) is 0 Å². The molecule has 0 bridgehead atoms. The summed E-state index contributed by atoms with van der Waals surface area (Å²) in [6.07, 6.45) is 6.97. The maximum atomic E-state index is 12.1. The Labute approximate surface area is 128 Å². The molecule has 0 aromatic heterocycles. The van der Waals surface area contributed by atoms with Gasteiger partial charge < -0.3 is 5.73 Å². The Hall–Kier alpha value is -0.910. The highest BCUT2D eigenvalue weighted by Crippen LogP contribution is 2.32. The summed E-state index contributed by atoms with van der Waals surface area (Å²) < 4.78 is 26.9. The van der Waals surface area contributed by atoms with Gasteiger partial charge in [0.05, 0.1) is 4.90 Å². The van der Waals surface area contributed by atoms with Crippen molar-refractivity contribution in [2.24, 2.45) is 5.73 Å². The van der Waals surface area contributed by atoms with E-state index >= 15 is 0 Å².